The molecule has 1 saturated heterocycles. The Morgan fingerprint density at radius 3 is 2.87 bits per heavy atom. The lowest BCUT2D eigenvalue weighted by Gasteiger charge is -2.29. The summed E-state index contributed by atoms with van der Waals surface area (Å²) in [4.78, 5) is 6.84. The van der Waals surface area contributed by atoms with Crippen molar-refractivity contribution >= 4 is 5.82 Å². The Hall–Kier alpha value is -1.09. The van der Waals surface area contributed by atoms with Crippen molar-refractivity contribution in [3.05, 3.63) is 23.9 Å². The van der Waals surface area contributed by atoms with Crippen molar-refractivity contribution in [1.82, 2.24) is 4.98 Å². The summed E-state index contributed by atoms with van der Waals surface area (Å²) in [6.45, 7) is 2.92. The Morgan fingerprint density at radius 2 is 2.13 bits per heavy atom. The summed E-state index contributed by atoms with van der Waals surface area (Å²) >= 11 is 0. The monoisotopic (exact) mass is 206 g/mol. The topological polar surface area (TPSA) is 25.4 Å². The first-order valence-electron chi connectivity index (χ1n) is 5.59. The van der Waals surface area contributed by atoms with Gasteiger partial charge in [0.25, 0.3) is 0 Å². The van der Waals surface area contributed by atoms with Crippen LogP contribution in [0.3, 0.4) is 0 Å². The number of aromatic nitrogens is 1. The van der Waals surface area contributed by atoms with Crippen LogP contribution in [0.2, 0.25) is 0 Å². The second-order valence-electron chi connectivity index (χ2n) is 3.97. The van der Waals surface area contributed by atoms with Gasteiger partial charge in [-0.15, -0.1) is 0 Å². The number of anilines is 1. The van der Waals surface area contributed by atoms with Gasteiger partial charge in [0.2, 0.25) is 0 Å². The van der Waals surface area contributed by atoms with Crippen LogP contribution in [-0.2, 0) is 11.3 Å². The van der Waals surface area contributed by atoms with Crippen molar-refractivity contribution in [3.63, 3.8) is 0 Å². The fourth-order valence-electron chi connectivity index (χ4n) is 2.09. The molecule has 1 aromatic rings. The molecule has 0 unspecified atom stereocenters. The van der Waals surface area contributed by atoms with E-state index < -0.39 is 0 Å². The van der Waals surface area contributed by atoms with E-state index in [0.717, 1.165) is 18.9 Å². The summed E-state index contributed by atoms with van der Waals surface area (Å²) < 4.78 is 5.19. The number of hydrogen-bond donors (Lipinski definition) is 0. The van der Waals surface area contributed by atoms with E-state index in [0.29, 0.717) is 6.61 Å². The van der Waals surface area contributed by atoms with Crippen LogP contribution in [0.5, 0.6) is 0 Å². The number of pyridine rings is 1. The second-order valence-corrected chi connectivity index (χ2v) is 3.97. The zero-order chi connectivity index (χ0) is 10.5. The lowest BCUT2D eigenvalue weighted by molar-refractivity contribution is 0.185. The van der Waals surface area contributed by atoms with Gasteiger partial charge in [0.1, 0.15) is 5.82 Å². The summed E-state index contributed by atoms with van der Waals surface area (Å²) in [6.07, 6.45) is 5.78. The summed E-state index contributed by atoms with van der Waals surface area (Å²) in [5, 5.41) is 0. The van der Waals surface area contributed by atoms with Crippen LogP contribution in [0.25, 0.3) is 0 Å². The van der Waals surface area contributed by atoms with Crippen LogP contribution in [0.15, 0.2) is 18.3 Å². The first kappa shape index (κ1) is 10.4. The number of rotatable bonds is 3. The van der Waals surface area contributed by atoms with Gasteiger partial charge in [0.05, 0.1) is 6.61 Å². The largest absolute Gasteiger partial charge is 0.380 e. The third-order valence-corrected chi connectivity index (χ3v) is 2.82. The molecule has 0 aliphatic carbocycles. The van der Waals surface area contributed by atoms with Crippen molar-refractivity contribution < 1.29 is 4.74 Å². The normalized spacial score (nSPS) is 16.7. The summed E-state index contributed by atoms with van der Waals surface area (Å²) in [5.74, 6) is 1.11. The van der Waals surface area contributed by atoms with Gasteiger partial charge in [0.15, 0.2) is 0 Å². The minimum atomic E-state index is 0.652. The maximum atomic E-state index is 5.19. The van der Waals surface area contributed by atoms with Crippen molar-refractivity contribution in [1.29, 1.82) is 0 Å². The predicted molar refractivity (Wildman–Crippen MR) is 61.0 cm³/mol. The summed E-state index contributed by atoms with van der Waals surface area (Å²) in [6, 6.07) is 4.07. The van der Waals surface area contributed by atoms with Crippen molar-refractivity contribution in [2.75, 3.05) is 25.1 Å². The maximum Gasteiger partial charge on any atom is 0.134 e. The third-order valence-electron chi connectivity index (χ3n) is 2.82. The van der Waals surface area contributed by atoms with Crippen molar-refractivity contribution in [2.45, 2.75) is 25.9 Å². The second kappa shape index (κ2) is 5.12. The zero-order valence-electron chi connectivity index (χ0n) is 9.28. The number of piperidine rings is 1. The lowest BCUT2D eigenvalue weighted by Crippen LogP contribution is -2.31. The smallest absolute Gasteiger partial charge is 0.134 e. The van der Waals surface area contributed by atoms with Gasteiger partial charge < -0.3 is 9.64 Å². The van der Waals surface area contributed by atoms with Gasteiger partial charge in [-0.1, -0.05) is 6.07 Å². The first-order valence-corrected chi connectivity index (χ1v) is 5.59. The van der Waals surface area contributed by atoms with Crippen LogP contribution < -0.4 is 4.90 Å². The number of hydrogen-bond acceptors (Lipinski definition) is 3. The highest BCUT2D eigenvalue weighted by Gasteiger charge is 2.14. The van der Waals surface area contributed by atoms with E-state index in [1.165, 1.54) is 24.8 Å². The Kier molecular flexibility index (Phi) is 3.56. The van der Waals surface area contributed by atoms with E-state index in [4.69, 9.17) is 4.74 Å². The van der Waals surface area contributed by atoms with Gasteiger partial charge in [-0.3, -0.25) is 0 Å². The third kappa shape index (κ3) is 2.48. The van der Waals surface area contributed by atoms with Gasteiger partial charge in [-0.2, -0.15) is 0 Å². The van der Waals surface area contributed by atoms with Crippen molar-refractivity contribution in [3.8, 4) is 0 Å². The minimum Gasteiger partial charge on any atom is -0.380 e. The molecule has 82 valence electrons. The molecule has 3 nitrogen and oxygen atoms in total. The van der Waals surface area contributed by atoms with E-state index >= 15 is 0 Å². The van der Waals surface area contributed by atoms with Crippen LogP contribution in [0.1, 0.15) is 24.8 Å². The quantitative estimate of drug-likeness (QED) is 0.758. The molecule has 0 bridgehead atoms. The van der Waals surface area contributed by atoms with Crippen LogP contribution in [-0.4, -0.2) is 25.2 Å². The van der Waals surface area contributed by atoms with Gasteiger partial charge >= 0.3 is 0 Å². The molecule has 1 fully saturated rings. The predicted octanol–water partition coefficient (Wildman–Crippen LogP) is 2.22. The fraction of sp³-hybridized carbons (Fsp3) is 0.583. The minimum absolute atomic E-state index is 0.652. The molecule has 0 radical (unpaired) electrons. The van der Waals surface area contributed by atoms with Crippen LogP contribution >= 0.6 is 0 Å². The zero-order valence-corrected chi connectivity index (χ0v) is 9.28. The average Bonchev–Trinajstić information content (AvgIpc) is 2.31. The number of nitrogens with zero attached hydrogens (tertiary/aromatic N) is 2. The Morgan fingerprint density at radius 1 is 1.33 bits per heavy atom. The maximum absolute atomic E-state index is 5.19. The fourth-order valence-corrected chi connectivity index (χ4v) is 2.09. The number of ether oxygens (including phenoxy) is 1. The molecule has 1 aromatic heterocycles. The summed E-state index contributed by atoms with van der Waals surface area (Å²) in [7, 11) is 1.73. The molecule has 0 amide bonds. The number of methoxy groups -OCH3 is 1. The molecule has 1 aliphatic rings. The standard InChI is InChI=1S/C12H18N2O/c1-15-10-11-6-5-7-13-12(11)14-8-3-2-4-9-14/h5-7H,2-4,8-10H2,1H3. The van der Waals surface area contributed by atoms with Gasteiger partial charge in [-0.05, 0) is 25.3 Å². The summed E-state index contributed by atoms with van der Waals surface area (Å²) in [5.41, 5.74) is 1.20. The van der Waals surface area contributed by atoms with E-state index in [2.05, 4.69) is 16.0 Å². The van der Waals surface area contributed by atoms with Gasteiger partial charge in [0, 0.05) is 32.0 Å². The van der Waals surface area contributed by atoms with Crippen LogP contribution in [0, 0.1) is 0 Å². The van der Waals surface area contributed by atoms with Gasteiger partial charge in [-0.25, -0.2) is 4.98 Å². The lowest BCUT2D eigenvalue weighted by atomic mass is 10.1. The molecule has 2 rings (SSSR count). The molecule has 15 heavy (non-hydrogen) atoms. The molecule has 2 heterocycles. The Bertz CT molecular complexity index is 308. The van der Waals surface area contributed by atoms with E-state index in [1.807, 2.05) is 12.3 Å². The van der Waals surface area contributed by atoms with E-state index in [-0.39, 0.29) is 0 Å². The molecular formula is C12H18N2O. The molecule has 0 aromatic carbocycles. The Labute approximate surface area is 91.1 Å². The van der Waals surface area contributed by atoms with E-state index in [1.54, 1.807) is 7.11 Å². The first-order chi connectivity index (χ1) is 7.42. The highest BCUT2D eigenvalue weighted by Crippen LogP contribution is 2.21. The molecular weight excluding hydrogens is 188 g/mol. The Balaban J connectivity index is 2.17. The molecule has 0 atom stereocenters. The SMILES string of the molecule is COCc1cccnc1N1CCCCC1. The highest BCUT2D eigenvalue weighted by molar-refractivity contribution is 5.46. The molecule has 0 N–H and O–H groups in total. The molecule has 0 spiro atoms. The molecule has 1 aliphatic heterocycles. The molecule has 3 heteroatoms. The van der Waals surface area contributed by atoms with Crippen molar-refractivity contribution in [2.24, 2.45) is 0 Å². The van der Waals surface area contributed by atoms with Crippen LogP contribution in [0.4, 0.5) is 5.82 Å². The molecule has 0 saturated carbocycles. The average molecular weight is 206 g/mol. The highest BCUT2D eigenvalue weighted by atomic mass is 16.5. The van der Waals surface area contributed by atoms with E-state index in [9.17, 15) is 0 Å².